The fourth-order valence-electron chi connectivity index (χ4n) is 1.08. The van der Waals surface area contributed by atoms with E-state index in [0.29, 0.717) is 14.9 Å². The highest BCUT2D eigenvalue weighted by atomic mass is 32.2. The maximum absolute atomic E-state index is 11.2. The Labute approximate surface area is 106 Å². The van der Waals surface area contributed by atoms with Crippen molar-refractivity contribution in [2.45, 2.75) is 14.1 Å². The number of nitrogens with two attached hydrogens (primary N) is 2. The van der Waals surface area contributed by atoms with Crippen molar-refractivity contribution in [2.75, 3.05) is 5.73 Å². The van der Waals surface area contributed by atoms with E-state index in [0.717, 1.165) is 0 Å². The lowest BCUT2D eigenvalue weighted by Crippen LogP contribution is -2.12. The molecule has 0 spiro atoms. The third-order valence-corrected chi connectivity index (χ3v) is 4.55. The van der Waals surface area contributed by atoms with Gasteiger partial charge in [0.05, 0.1) is 4.90 Å². The van der Waals surface area contributed by atoms with Crippen molar-refractivity contribution in [3.63, 3.8) is 0 Å². The van der Waals surface area contributed by atoms with Gasteiger partial charge in [-0.2, -0.15) is 4.37 Å². The van der Waals surface area contributed by atoms with Gasteiger partial charge in [0.1, 0.15) is 6.33 Å². The normalized spacial score (nSPS) is 11.6. The minimum absolute atomic E-state index is 0.0266. The van der Waals surface area contributed by atoms with Crippen molar-refractivity contribution in [3.05, 3.63) is 24.5 Å². The van der Waals surface area contributed by atoms with Crippen LogP contribution in [0.1, 0.15) is 0 Å². The zero-order valence-corrected chi connectivity index (χ0v) is 10.8. The van der Waals surface area contributed by atoms with Gasteiger partial charge in [-0.05, 0) is 29.7 Å². The number of aromatic nitrogens is 2. The molecule has 0 radical (unpaired) electrons. The molecule has 2 rings (SSSR count). The Morgan fingerprint density at radius 1 is 1.35 bits per heavy atom. The maximum Gasteiger partial charge on any atom is 0.238 e. The van der Waals surface area contributed by atoms with Crippen molar-refractivity contribution in [1.82, 2.24) is 9.36 Å². The molecule has 0 aliphatic carbocycles. The predicted molar refractivity (Wildman–Crippen MR) is 66.3 cm³/mol. The van der Waals surface area contributed by atoms with Gasteiger partial charge in [0.2, 0.25) is 10.0 Å². The van der Waals surface area contributed by atoms with E-state index in [1.54, 1.807) is 0 Å². The number of sulfonamides is 1. The van der Waals surface area contributed by atoms with Crippen LogP contribution in [0.3, 0.4) is 0 Å². The van der Waals surface area contributed by atoms with Gasteiger partial charge in [-0.15, -0.1) is 0 Å². The van der Waals surface area contributed by atoms with Gasteiger partial charge in [0.15, 0.2) is 4.34 Å². The summed E-state index contributed by atoms with van der Waals surface area (Å²) in [6, 6.07) is 4.30. The third kappa shape index (κ3) is 2.94. The van der Waals surface area contributed by atoms with Crippen LogP contribution in [-0.4, -0.2) is 17.8 Å². The van der Waals surface area contributed by atoms with Crippen molar-refractivity contribution >= 4 is 39.0 Å². The molecule has 0 atom stereocenters. The fourth-order valence-corrected chi connectivity index (χ4v) is 3.18. The van der Waals surface area contributed by atoms with Crippen LogP contribution in [0, 0.1) is 0 Å². The topological polar surface area (TPSA) is 112 Å². The largest absolute Gasteiger partial charge is 0.398 e. The van der Waals surface area contributed by atoms with Crippen LogP contribution >= 0.6 is 23.3 Å². The second-order valence-electron chi connectivity index (χ2n) is 3.05. The standard InChI is InChI=1S/C8H8N4O2S3/c9-6-2-1-5(17(10,13)14)3-7(6)15-8-11-4-12-16-8/h1-4H,9H2,(H2,10,13,14). The summed E-state index contributed by atoms with van der Waals surface area (Å²) in [6.07, 6.45) is 1.42. The highest BCUT2D eigenvalue weighted by Gasteiger charge is 2.12. The first-order valence-corrected chi connectivity index (χ1v) is 7.47. The van der Waals surface area contributed by atoms with E-state index in [4.69, 9.17) is 10.9 Å². The lowest BCUT2D eigenvalue weighted by Gasteiger charge is -2.05. The second kappa shape index (κ2) is 4.61. The molecule has 2 aromatic rings. The Morgan fingerprint density at radius 3 is 2.71 bits per heavy atom. The number of primary sulfonamides is 1. The summed E-state index contributed by atoms with van der Waals surface area (Å²) >= 11 is 2.46. The van der Waals surface area contributed by atoms with Crippen LogP contribution in [-0.2, 0) is 10.0 Å². The zero-order valence-electron chi connectivity index (χ0n) is 8.40. The zero-order chi connectivity index (χ0) is 12.5. The first-order valence-electron chi connectivity index (χ1n) is 4.33. The predicted octanol–water partition coefficient (Wildman–Crippen LogP) is 0.919. The van der Waals surface area contributed by atoms with Crippen molar-refractivity contribution < 1.29 is 8.42 Å². The maximum atomic E-state index is 11.2. The molecule has 1 heterocycles. The van der Waals surface area contributed by atoms with E-state index in [-0.39, 0.29) is 4.90 Å². The van der Waals surface area contributed by atoms with Crippen molar-refractivity contribution in [2.24, 2.45) is 5.14 Å². The second-order valence-corrected chi connectivity index (χ2v) is 6.68. The average Bonchev–Trinajstić information content (AvgIpc) is 2.72. The molecule has 90 valence electrons. The Bertz CT molecular complexity index is 624. The molecule has 1 aromatic carbocycles. The Morgan fingerprint density at radius 2 is 2.12 bits per heavy atom. The number of nitrogen functional groups attached to an aromatic ring is 1. The van der Waals surface area contributed by atoms with Crippen LogP contribution in [0.15, 0.2) is 38.7 Å². The molecule has 0 fully saturated rings. The molecule has 9 heteroatoms. The van der Waals surface area contributed by atoms with Crippen molar-refractivity contribution in [3.8, 4) is 0 Å². The lowest BCUT2D eigenvalue weighted by molar-refractivity contribution is 0.597. The highest BCUT2D eigenvalue weighted by molar-refractivity contribution is 8.01. The molecule has 0 saturated heterocycles. The minimum Gasteiger partial charge on any atom is -0.398 e. The number of rotatable bonds is 3. The SMILES string of the molecule is Nc1ccc(S(N)(=O)=O)cc1Sc1ncns1. The van der Waals surface area contributed by atoms with Gasteiger partial charge in [-0.25, -0.2) is 18.5 Å². The van der Waals surface area contributed by atoms with Gasteiger partial charge in [0.25, 0.3) is 0 Å². The molecule has 0 aliphatic rings. The Hall–Kier alpha value is -1.16. The van der Waals surface area contributed by atoms with Crippen LogP contribution in [0.2, 0.25) is 0 Å². The van der Waals surface area contributed by atoms with Gasteiger partial charge < -0.3 is 5.73 Å². The van der Waals surface area contributed by atoms with E-state index in [9.17, 15) is 8.42 Å². The van der Waals surface area contributed by atoms with Crippen molar-refractivity contribution in [1.29, 1.82) is 0 Å². The first-order chi connectivity index (χ1) is 7.97. The monoisotopic (exact) mass is 288 g/mol. The first kappa shape index (κ1) is 12.3. The molecular formula is C8H8N4O2S3. The molecule has 0 bridgehead atoms. The van der Waals surface area contributed by atoms with E-state index in [1.807, 2.05) is 0 Å². The number of hydrogen-bond acceptors (Lipinski definition) is 7. The number of nitrogens with zero attached hydrogens (tertiary/aromatic N) is 2. The summed E-state index contributed by atoms with van der Waals surface area (Å²) in [6.45, 7) is 0. The van der Waals surface area contributed by atoms with Crippen LogP contribution < -0.4 is 10.9 Å². The quantitative estimate of drug-likeness (QED) is 0.812. The van der Waals surface area contributed by atoms with Crippen LogP contribution in [0.5, 0.6) is 0 Å². The summed E-state index contributed by atoms with van der Waals surface area (Å²) in [7, 11) is -3.72. The molecule has 0 unspecified atom stereocenters. The number of hydrogen-bond donors (Lipinski definition) is 2. The lowest BCUT2D eigenvalue weighted by atomic mass is 10.3. The fraction of sp³-hybridized carbons (Fsp3) is 0. The molecule has 4 N–H and O–H groups in total. The van der Waals surface area contributed by atoms with E-state index >= 15 is 0 Å². The molecule has 0 saturated carbocycles. The molecule has 6 nitrogen and oxygen atoms in total. The van der Waals surface area contributed by atoms with Gasteiger partial charge >= 0.3 is 0 Å². The summed E-state index contributed by atoms with van der Waals surface area (Å²) in [4.78, 5) is 4.60. The molecule has 1 aromatic heterocycles. The van der Waals surface area contributed by atoms with E-state index in [1.165, 1.54) is 47.8 Å². The summed E-state index contributed by atoms with van der Waals surface area (Å²) in [5.41, 5.74) is 6.22. The smallest absolute Gasteiger partial charge is 0.238 e. The van der Waals surface area contributed by atoms with E-state index in [2.05, 4.69) is 9.36 Å². The average molecular weight is 288 g/mol. The Kier molecular flexibility index (Phi) is 3.33. The summed E-state index contributed by atoms with van der Waals surface area (Å²) in [5.74, 6) is 0. The molecule has 17 heavy (non-hydrogen) atoms. The molecular weight excluding hydrogens is 280 g/mol. The minimum atomic E-state index is -3.72. The highest BCUT2D eigenvalue weighted by Crippen LogP contribution is 2.33. The number of anilines is 1. The van der Waals surface area contributed by atoms with Crippen LogP contribution in [0.4, 0.5) is 5.69 Å². The van der Waals surface area contributed by atoms with Gasteiger partial charge in [-0.3, -0.25) is 0 Å². The summed E-state index contributed by atoms with van der Waals surface area (Å²) < 4.78 is 26.9. The third-order valence-electron chi connectivity index (χ3n) is 1.85. The van der Waals surface area contributed by atoms with Crippen LogP contribution in [0.25, 0.3) is 0 Å². The molecule has 0 aliphatic heterocycles. The summed E-state index contributed by atoms with van der Waals surface area (Å²) in [5, 5.41) is 5.05. The number of benzene rings is 1. The van der Waals surface area contributed by atoms with E-state index < -0.39 is 10.0 Å². The van der Waals surface area contributed by atoms with Gasteiger partial charge in [-0.1, -0.05) is 11.8 Å². The molecule has 0 amide bonds. The van der Waals surface area contributed by atoms with Gasteiger partial charge in [0, 0.05) is 10.6 Å². The Balaban J connectivity index is 2.40.